The number of hydrogen-bond acceptors (Lipinski definition) is 2. The fourth-order valence-electron chi connectivity index (χ4n) is 4.97. The molecule has 0 aromatic heterocycles. The normalized spacial score (nSPS) is 38.3. The molecule has 1 spiro atoms. The highest BCUT2D eigenvalue weighted by Crippen LogP contribution is 2.57. The Balaban J connectivity index is 1.80. The maximum Gasteiger partial charge on any atom is 0.115 e. The monoisotopic (exact) mass is 243 g/mol. The van der Waals surface area contributed by atoms with Crippen molar-refractivity contribution in [2.75, 3.05) is 20.1 Å². The Kier molecular flexibility index (Phi) is 2.12. The summed E-state index contributed by atoms with van der Waals surface area (Å²) in [6.45, 7) is 2.56. The van der Waals surface area contributed by atoms with Crippen molar-refractivity contribution in [3.8, 4) is 5.75 Å². The van der Waals surface area contributed by atoms with Gasteiger partial charge < -0.3 is 10.0 Å². The molecule has 1 N–H and O–H groups in total. The zero-order valence-electron chi connectivity index (χ0n) is 11.0. The van der Waals surface area contributed by atoms with Crippen molar-refractivity contribution in [1.82, 2.24) is 4.90 Å². The van der Waals surface area contributed by atoms with E-state index in [1.54, 1.807) is 0 Å². The van der Waals surface area contributed by atoms with Gasteiger partial charge in [0.2, 0.25) is 0 Å². The fraction of sp³-hybridized carbons (Fsp3) is 0.625. The minimum atomic E-state index is 0.440. The molecule has 1 aromatic carbocycles. The van der Waals surface area contributed by atoms with Gasteiger partial charge in [0.1, 0.15) is 5.75 Å². The molecule has 0 unspecified atom stereocenters. The van der Waals surface area contributed by atoms with Gasteiger partial charge in [-0.05, 0) is 73.2 Å². The lowest BCUT2D eigenvalue weighted by Crippen LogP contribution is -2.41. The van der Waals surface area contributed by atoms with E-state index in [0.29, 0.717) is 17.1 Å². The van der Waals surface area contributed by atoms with Gasteiger partial charge in [-0.15, -0.1) is 0 Å². The number of benzene rings is 1. The minimum absolute atomic E-state index is 0.440. The van der Waals surface area contributed by atoms with Crippen LogP contribution in [-0.4, -0.2) is 30.1 Å². The van der Waals surface area contributed by atoms with Gasteiger partial charge in [-0.25, -0.2) is 0 Å². The van der Waals surface area contributed by atoms with Crippen molar-refractivity contribution in [1.29, 1.82) is 0 Å². The Labute approximate surface area is 109 Å². The predicted octanol–water partition coefficient (Wildman–Crippen LogP) is 2.76. The summed E-state index contributed by atoms with van der Waals surface area (Å²) in [6.07, 6.45) is 5.27. The Morgan fingerprint density at radius 1 is 1.33 bits per heavy atom. The third-order valence-corrected chi connectivity index (χ3v) is 5.61. The summed E-state index contributed by atoms with van der Waals surface area (Å²) in [4.78, 5) is 2.53. The molecule has 0 amide bonds. The number of fused-ring (bicyclic) bond motifs is 3. The molecule has 1 saturated carbocycles. The average Bonchev–Trinajstić information content (AvgIpc) is 2.64. The second kappa shape index (κ2) is 3.51. The third-order valence-electron chi connectivity index (χ3n) is 5.61. The summed E-state index contributed by atoms with van der Waals surface area (Å²) >= 11 is 0. The lowest BCUT2D eigenvalue weighted by Gasteiger charge is -2.47. The van der Waals surface area contributed by atoms with E-state index in [4.69, 9.17) is 0 Å². The molecule has 1 saturated heterocycles. The third kappa shape index (κ3) is 1.38. The molecular formula is C16H21NO. The van der Waals surface area contributed by atoms with Gasteiger partial charge in [-0.3, -0.25) is 0 Å². The van der Waals surface area contributed by atoms with E-state index in [2.05, 4.69) is 18.0 Å². The van der Waals surface area contributed by atoms with Crippen LogP contribution in [0.5, 0.6) is 5.75 Å². The Morgan fingerprint density at radius 3 is 3.11 bits per heavy atom. The molecule has 3 aliphatic rings. The van der Waals surface area contributed by atoms with Crippen LogP contribution in [0.1, 0.15) is 36.3 Å². The number of hydrogen-bond donors (Lipinski definition) is 1. The second-order valence-corrected chi connectivity index (χ2v) is 6.79. The molecule has 2 bridgehead atoms. The van der Waals surface area contributed by atoms with Crippen molar-refractivity contribution in [2.45, 2.75) is 31.6 Å². The van der Waals surface area contributed by atoms with E-state index >= 15 is 0 Å². The van der Waals surface area contributed by atoms with Crippen LogP contribution in [0.4, 0.5) is 0 Å². The number of phenols is 1. The molecule has 3 atom stereocenters. The first-order valence-corrected chi connectivity index (χ1v) is 7.17. The van der Waals surface area contributed by atoms with Gasteiger partial charge in [0, 0.05) is 13.1 Å². The molecule has 1 heterocycles. The molecular weight excluding hydrogens is 222 g/mol. The smallest absolute Gasteiger partial charge is 0.115 e. The molecule has 2 fully saturated rings. The molecule has 2 nitrogen and oxygen atoms in total. The maximum absolute atomic E-state index is 9.70. The first-order chi connectivity index (χ1) is 8.66. The Hall–Kier alpha value is -1.02. The number of likely N-dealkylation sites (tertiary alicyclic amines) is 1. The van der Waals surface area contributed by atoms with Crippen LogP contribution < -0.4 is 0 Å². The van der Waals surface area contributed by atoms with Gasteiger partial charge in [0.05, 0.1) is 0 Å². The van der Waals surface area contributed by atoms with Crippen LogP contribution in [0.2, 0.25) is 0 Å². The van der Waals surface area contributed by atoms with Gasteiger partial charge >= 0.3 is 0 Å². The molecule has 0 radical (unpaired) electrons. The summed E-state index contributed by atoms with van der Waals surface area (Å²) < 4.78 is 0. The van der Waals surface area contributed by atoms with Crippen molar-refractivity contribution in [3.05, 3.63) is 29.3 Å². The molecule has 18 heavy (non-hydrogen) atoms. The van der Waals surface area contributed by atoms with Crippen LogP contribution >= 0.6 is 0 Å². The van der Waals surface area contributed by atoms with Crippen LogP contribution in [0, 0.1) is 11.3 Å². The highest BCUT2D eigenvalue weighted by Gasteiger charge is 2.51. The van der Waals surface area contributed by atoms with E-state index in [1.807, 2.05) is 12.1 Å². The molecule has 2 heteroatoms. The van der Waals surface area contributed by atoms with Crippen molar-refractivity contribution >= 4 is 0 Å². The SMILES string of the molecule is CN1C[C@@H]2CC[C@@H]3C[C@]2(Cc2ccc(O)cc23)C1. The summed E-state index contributed by atoms with van der Waals surface area (Å²) in [5, 5.41) is 9.70. The first-order valence-electron chi connectivity index (χ1n) is 7.17. The highest BCUT2D eigenvalue weighted by molar-refractivity contribution is 5.41. The van der Waals surface area contributed by atoms with Gasteiger partial charge in [-0.1, -0.05) is 6.07 Å². The van der Waals surface area contributed by atoms with E-state index in [0.717, 1.165) is 5.92 Å². The summed E-state index contributed by atoms with van der Waals surface area (Å²) in [5.74, 6) is 2.04. The standard InChI is InChI=1S/C16H21NO/c1-17-9-13-4-2-11-7-16(13,10-17)8-12-3-5-14(18)6-15(11)12/h3,5-6,11,13,18H,2,4,7-10H2,1H3/t11-,13+,16+/m1/s1. The Morgan fingerprint density at radius 2 is 2.22 bits per heavy atom. The van der Waals surface area contributed by atoms with Gasteiger partial charge in [0.15, 0.2) is 0 Å². The van der Waals surface area contributed by atoms with Crippen LogP contribution in [0.3, 0.4) is 0 Å². The van der Waals surface area contributed by atoms with Crippen LogP contribution in [0.15, 0.2) is 18.2 Å². The lowest BCUT2D eigenvalue weighted by molar-refractivity contribution is 0.115. The predicted molar refractivity (Wildman–Crippen MR) is 71.8 cm³/mol. The summed E-state index contributed by atoms with van der Waals surface area (Å²) in [6, 6.07) is 6.05. The topological polar surface area (TPSA) is 23.5 Å². The van der Waals surface area contributed by atoms with Crippen molar-refractivity contribution < 1.29 is 5.11 Å². The largest absolute Gasteiger partial charge is 0.508 e. The minimum Gasteiger partial charge on any atom is -0.508 e. The summed E-state index contributed by atoms with van der Waals surface area (Å²) in [5.41, 5.74) is 3.49. The zero-order valence-corrected chi connectivity index (χ0v) is 11.0. The molecule has 4 rings (SSSR count). The number of aromatic hydroxyl groups is 1. The average molecular weight is 243 g/mol. The van der Waals surface area contributed by atoms with Crippen LogP contribution in [0.25, 0.3) is 0 Å². The van der Waals surface area contributed by atoms with Crippen molar-refractivity contribution in [2.24, 2.45) is 11.3 Å². The van der Waals surface area contributed by atoms with Crippen molar-refractivity contribution in [3.63, 3.8) is 0 Å². The molecule has 1 aliphatic heterocycles. The molecule has 2 aliphatic carbocycles. The van der Waals surface area contributed by atoms with E-state index in [1.165, 1.54) is 49.9 Å². The van der Waals surface area contributed by atoms with E-state index in [9.17, 15) is 5.11 Å². The van der Waals surface area contributed by atoms with Crippen LogP contribution in [-0.2, 0) is 6.42 Å². The first kappa shape index (κ1) is 10.9. The van der Waals surface area contributed by atoms with Gasteiger partial charge in [0.25, 0.3) is 0 Å². The lowest BCUT2D eigenvalue weighted by atomic mass is 9.57. The number of rotatable bonds is 0. The summed E-state index contributed by atoms with van der Waals surface area (Å²) in [7, 11) is 2.27. The zero-order chi connectivity index (χ0) is 12.3. The molecule has 96 valence electrons. The number of nitrogens with zero attached hydrogens (tertiary/aromatic N) is 1. The fourth-order valence-corrected chi connectivity index (χ4v) is 4.97. The quantitative estimate of drug-likeness (QED) is 0.757. The van der Waals surface area contributed by atoms with Gasteiger partial charge in [-0.2, -0.15) is 0 Å². The second-order valence-electron chi connectivity index (χ2n) is 6.79. The maximum atomic E-state index is 9.70. The van der Waals surface area contributed by atoms with E-state index in [-0.39, 0.29) is 0 Å². The molecule has 1 aromatic rings. The highest BCUT2D eigenvalue weighted by atomic mass is 16.3. The van der Waals surface area contributed by atoms with E-state index < -0.39 is 0 Å². The number of phenolic OH excluding ortho intramolecular Hbond substituents is 1. The Bertz CT molecular complexity index is 498.